The summed E-state index contributed by atoms with van der Waals surface area (Å²) in [5, 5.41) is 7.42. The SMILES string of the molecule is CC(=O)O.[PbH2].[Pd]. The van der Waals surface area contributed by atoms with Crippen molar-refractivity contribution in [3.05, 3.63) is 0 Å². The van der Waals surface area contributed by atoms with Gasteiger partial charge in [0.1, 0.15) is 0 Å². The van der Waals surface area contributed by atoms with Crippen LogP contribution in [0.1, 0.15) is 6.92 Å². The predicted molar refractivity (Wildman–Crippen MR) is 21.9 cm³/mol. The van der Waals surface area contributed by atoms with E-state index in [2.05, 4.69) is 0 Å². The first-order valence-corrected chi connectivity index (χ1v) is 0.928. The smallest absolute Gasteiger partial charge is 0 e. The molecule has 6 heavy (non-hydrogen) atoms. The van der Waals surface area contributed by atoms with Crippen LogP contribution in [0, 0.1) is 0 Å². The number of rotatable bonds is 0. The van der Waals surface area contributed by atoms with Gasteiger partial charge >= 0.3 is 27.3 Å². The molecule has 0 heterocycles. The minimum absolute atomic E-state index is 0. The molecule has 40 valence electrons. The second-order valence-electron chi connectivity index (χ2n) is 0.519. The van der Waals surface area contributed by atoms with Crippen LogP contribution < -0.4 is 0 Å². The number of carboxylic acids is 1. The Bertz CT molecular complexity index is 34.5. The Labute approximate surface area is 70.1 Å². The minimum Gasteiger partial charge on any atom is 0 e. The number of carboxylic acid groups (broad SMARTS) is 1. The van der Waals surface area contributed by atoms with Gasteiger partial charge < -0.3 is 5.11 Å². The molecule has 0 aromatic rings. The quantitative estimate of drug-likeness (QED) is 0.561. The van der Waals surface area contributed by atoms with Gasteiger partial charge in [-0.05, 0) is 0 Å². The largest absolute Gasteiger partial charge is 0 e. The summed E-state index contributed by atoms with van der Waals surface area (Å²) < 4.78 is 0. The Balaban J connectivity index is -0.0000000450. The van der Waals surface area contributed by atoms with Crippen molar-refractivity contribution < 1.29 is 30.3 Å². The van der Waals surface area contributed by atoms with E-state index in [1.54, 1.807) is 0 Å². The van der Waals surface area contributed by atoms with E-state index in [1.165, 1.54) is 0 Å². The standard InChI is InChI=1S/C2H4O2.Pb.Pd.2H/c1-2(3)4;;;;/h1H3,(H,3,4);;;;. The number of hydrogen-bond donors (Lipinski definition) is 1. The maximum Gasteiger partial charge on any atom is 0 e. The summed E-state index contributed by atoms with van der Waals surface area (Å²) in [6.07, 6.45) is 0. The molecule has 0 fully saturated rings. The topological polar surface area (TPSA) is 37.3 Å². The third kappa shape index (κ3) is 74.7. The molecule has 0 spiro atoms. The maximum absolute atomic E-state index is 9.00. The number of hydrogen-bond acceptors (Lipinski definition) is 1. The van der Waals surface area contributed by atoms with Crippen LogP contribution in [0.5, 0.6) is 0 Å². The first kappa shape index (κ1) is 15.7. The molecule has 1 N–H and O–H groups in total. The molecule has 0 aromatic carbocycles. The van der Waals surface area contributed by atoms with Gasteiger partial charge in [-0.3, -0.25) is 4.79 Å². The van der Waals surface area contributed by atoms with Crippen LogP contribution in [-0.2, 0) is 25.2 Å². The van der Waals surface area contributed by atoms with E-state index in [1.807, 2.05) is 0 Å². The second kappa shape index (κ2) is 9.41. The fraction of sp³-hybridized carbons (Fsp3) is 0.500. The summed E-state index contributed by atoms with van der Waals surface area (Å²) in [7, 11) is 0. The molecule has 0 saturated heterocycles. The van der Waals surface area contributed by atoms with Gasteiger partial charge in [0.15, 0.2) is 0 Å². The van der Waals surface area contributed by atoms with Gasteiger partial charge in [-0.25, -0.2) is 0 Å². The van der Waals surface area contributed by atoms with Crippen LogP contribution in [0.4, 0.5) is 0 Å². The zero-order valence-corrected chi connectivity index (χ0v) is 10.4. The molecule has 2 radical (unpaired) electrons. The van der Waals surface area contributed by atoms with Crippen LogP contribution in [0.3, 0.4) is 0 Å². The summed E-state index contributed by atoms with van der Waals surface area (Å²) in [6.45, 7) is 1.08. The number of aliphatic carboxylic acids is 1. The van der Waals surface area contributed by atoms with Crippen molar-refractivity contribution in [3.8, 4) is 0 Å². The van der Waals surface area contributed by atoms with Crippen molar-refractivity contribution in [1.82, 2.24) is 0 Å². The molecule has 0 rings (SSSR count). The molecule has 0 atom stereocenters. The fourth-order valence-corrected chi connectivity index (χ4v) is 0. The maximum atomic E-state index is 9.00. The third-order valence-corrected chi connectivity index (χ3v) is 0. The Kier molecular flexibility index (Phi) is 24.7. The summed E-state index contributed by atoms with van der Waals surface area (Å²) in [6, 6.07) is 0. The minimum atomic E-state index is -0.833. The van der Waals surface area contributed by atoms with Crippen LogP contribution >= 0.6 is 0 Å². The third-order valence-electron chi connectivity index (χ3n) is 0. The van der Waals surface area contributed by atoms with E-state index >= 15 is 0 Å². The summed E-state index contributed by atoms with van der Waals surface area (Å²) in [5.74, 6) is -0.833. The van der Waals surface area contributed by atoms with Gasteiger partial charge in [-0.1, -0.05) is 0 Å². The Hall–Kier alpha value is 1.05. The van der Waals surface area contributed by atoms with Crippen molar-refractivity contribution in [2.45, 2.75) is 6.92 Å². The van der Waals surface area contributed by atoms with Gasteiger partial charge in [0.25, 0.3) is 5.97 Å². The fourth-order valence-electron chi connectivity index (χ4n) is 0. The molecule has 0 saturated carbocycles. The van der Waals surface area contributed by atoms with E-state index < -0.39 is 5.97 Å². The average Bonchev–Trinajstić information content (AvgIpc) is 0.811. The Morgan fingerprint density at radius 2 is 1.67 bits per heavy atom. The summed E-state index contributed by atoms with van der Waals surface area (Å²) >= 11 is 0. The Morgan fingerprint density at radius 3 is 1.67 bits per heavy atom. The molecule has 0 aromatic heterocycles. The van der Waals surface area contributed by atoms with Crippen molar-refractivity contribution in [1.29, 1.82) is 0 Å². The van der Waals surface area contributed by atoms with Gasteiger partial charge in [0.2, 0.25) is 0 Å². The average molecular weight is 376 g/mol. The summed E-state index contributed by atoms with van der Waals surface area (Å²) in [4.78, 5) is 9.00. The van der Waals surface area contributed by atoms with E-state index in [9.17, 15) is 0 Å². The molecule has 0 aliphatic carbocycles. The predicted octanol–water partition coefficient (Wildman–Crippen LogP) is -0.828. The normalized spacial score (nSPS) is 4.17. The van der Waals surface area contributed by atoms with E-state index in [0.29, 0.717) is 0 Å². The van der Waals surface area contributed by atoms with E-state index in [-0.39, 0.29) is 47.7 Å². The molecule has 2 nitrogen and oxygen atoms in total. The molecule has 4 heteroatoms. The van der Waals surface area contributed by atoms with Gasteiger partial charge in [0.05, 0.1) is 0 Å². The van der Waals surface area contributed by atoms with Gasteiger partial charge in [-0.2, -0.15) is 0 Å². The monoisotopic (exact) mass is 376 g/mol. The van der Waals surface area contributed by atoms with Crippen LogP contribution in [0.25, 0.3) is 0 Å². The molecular formula is C2H6O2PbPd. The molecule has 0 aliphatic heterocycles. The molecule has 0 bridgehead atoms. The molecule has 0 amide bonds. The Morgan fingerprint density at radius 1 is 1.67 bits per heavy atom. The summed E-state index contributed by atoms with van der Waals surface area (Å²) in [5.41, 5.74) is 0. The second-order valence-corrected chi connectivity index (χ2v) is 0.519. The van der Waals surface area contributed by atoms with Crippen LogP contribution in [0.2, 0.25) is 0 Å². The van der Waals surface area contributed by atoms with Crippen molar-refractivity contribution >= 4 is 33.3 Å². The number of carbonyl (C=O) groups is 1. The molecular weight excluding hydrogens is 370 g/mol. The van der Waals surface area contributed by atoms with Crippen LogP contribution in [0.15, 0.2) is 0 Å². The first-order chi connectivity index (χ1) is 1.73. The van der Waals surface area contributed by atoms with E-state index in [0.717, 1.165) is 6.92 Å². The van der Waals surface area contributed by atoms with E-state index in [4.69, 9.17) is 9.90 Å². The zero-order valence-electron chi connectivity index (χ0n) is 3.38. The van der Waals surface area contributed by atoms with Crippen molar-refractivity contribution in [2.24, 2.45) is 0 Å². The van der Waals surface area contributed by atoms with Crippen LogP contribution in [-0.4, -0.2) is 38.4 Å². The van der Waals surface area contributed by atoms with Crippen molar-refractivity contribution in [2.75, 3.05) is 0 Å². The zero-order chi connectivity index (χ0) is 3.58. The van der Waals surface area contributed by atoms with Gasteiger partial charge in [-0.15, -0.1) is 0 Å². The van der Waals surface area contributed by atoms with Gasteiger partial charge in [0, 0.05) is 27.3 Å². The van der Waals surface area contributed by atoms with Crippen molar-refractivity contribution in [3.63, 3.8) is 0 Å². The first-order valence-electron chi connectivity index (χ1n) is 0.928. The molecule has 0 unspecified atom stereocenters. The molecule has 0 aliphatic rings.